The molecule has 2 N–H and O–H groups in total. The van der Waals surface area contributed by atoms with Crippen molar-refractivity contribution in [2.24, 2.45) is 0 Å². The molecule has 0 aromatic rings. The van der Waals surface area contributed by atoms with Crippen LogP contribution in [-0.4, -0.2) is 12.7 Å². The molecule has 2 heteroatoms. The van der Waals surface area contributed by atoms with Crippen molar-refractivity contribution >= 4 is 0 Å². The van der Waals surface area contributed by atoms with Crippen LogP contribution in [0.3, 0.4) is 0 Å². The fourth-order valence-electron chi connectivity index (χ4n) is 0.515. The van der Waals surface area contributed by atoms with Crippen LogP contribution in [0.4, 0.5) is 0 Å². The van der Waals surface area contributed by atoms with Gasteiger partial charge in [0, 0.05) is 19.3 Å². The van der Waals surface area contributed by atoms with E-state index in [1.165, 1.54) is 0 Å². The summed E-state index contributed by atoms with van der Waals surface area (Å²) in [4.78, 5) is 0. The third-order valence-electron chi connectivity index (χ3n) is 0.894. The Morgan fingerprint density at radius 1 is 1.83 bits per heavy atom. The summed E-state index contributed by atoms with van der Waals surface area (Å²) in [6.07, 6.45) is 0. The van der Waals surface area contributed by atoms with E-state index in [2.05, 4.69) is 17.6 Å². The second-order valence-corrected chi connectivity index (χ2v) is 1.54. The highest BCUT2D eigenvalue weighted by molar-refractivity contribution is 4.81. The zero-order chi connectivity index (χ0) is 4.41. The summed E-state index contributed by atoms with van der Waals surface area (Å²) in [5, 5.41) is 6.19. The van der Waals surface area contributed by atoms with Gasteiger partial charge in [-0.25, -0.2) is 0 Å². The van der Waals surface area contributed by atoms with E-state index in [0.717, 1.165) is 6.67 Å². The number of hydrogen-bond donors (Lipinski definition) is 2. The molecule has 0 saturated carbocycles. The van der Waals surface area contributed by atoms with Crippen molar-refractivity contribution in [3.05, 3.63) is 6.54 Å². The van der Waals surface area contributed by atoms with Crippen molar-refractivity contribution in [1.29, 1.82) is 0 Å². The molecule has 1 aliphatic heterocycles. The van der Waals surface area contributed by atoms with Crippen LogP contribution >= 0.6 is 0 Å². The average Bonchev–Trinajstić information content (AvgIpc) is 1.86. The van der Waals surface area contributed by atoms with E-state index in [4.69, 9.17) is 0 Å². The van der Waals surface area contributed by atoms with Gasteiger partial charge in [-0.3, -0.25) is 5.32 Å². The summed E-state index contributed by atoms with van der Waals surface area (Å²) in [5.74, 6) is 0. The van der Waals surface area contributed by atoms with Gasteiger partial charge in [-0.2, -0.15) is 0 Å². The van der Waals surface area contributed by atoms with Gasteiger partial charge in [-0.05, 0) is 6.92 Å². The lowest BCUT2D eigenvalue weighted by Crippen LogP contribution is -2.17. The topological polar surface area (TPSA) is 24.1 Å². The molecule has 1 aliphatic rings. The average molecular weight is 85.1 g/mol. The van der Waals surface area contributed by atoms with Gasteiger partial charge in [0.1, 0.15) is 0 Å². The first-order valence-corrected chi connectivity index (χ1v) is 2.20. The lowest BCUT2D eigenvalue weighted by molar-refractivity contribution is 0.713. The Kier molecular flexibility index (Phi) is 1.08. The minimum Gasteiger partial charge on any atom is -0.300 e. The molecule has 2 nitrogen and oxygen atoms in total. The van der Waals surface area contributed by atoms with Crippen molar-refractivity contribution in [3.63, 3.8) is 0 Å². The zero-order valence-corrected chi connectivity index (χ0v) is 3.86. The molecule has 0 aromatic carbocycles. The summed E-state index contributed by atoms with van der Waals surface area (Å²) in [7, 11) is 0. The van der Waals surface area contributed by atoms with E-state index in [-0.39, 0.29) is 0 Å². The molecule has 0 bridgehead atoms. The molecule has 1 radical (unpaired) electrons. The molecule has 35 valence electrons. The van der Waals surface area contributed by atoms with E-state index in [1.807, 2.05) is 6.54 Å². The van der Waals surface area contributed by atoms with E-state index in [0.29, 0.717) is 6.04 Å². The fourth-order valence-corrected chi connectivity index (χ4v) is 0.515. The molecule has 1 heterocycles. The standard InChI is InChI=1S/C4H9N2/c1-4-2-5-3-6-4/h2,4-6H,3H2,1H3. The molecule has 1 fully saturated rings. The summed E-state index contributed by atoms with van der Waals surface area (Å²) in [6.45, 7) is 5.08. The third-order valence-corrected chi connectivity index (χ3v) is 0.894. The molecule has 1 atom stereocenters. The number of rotatable bonds is 0. The summed E-state index contributed by atoms with van der Waals surface area (Å²) >= 11 is 0. The third kappa shape index (κ3) is 0.698. The zero-order valence-electron chi connectivity index (χ0n) is 3.86. The van der Waals surface area contributed by atoms with Crippen molar-refractivity contribution in [2.45, 2.75) is 13.0 Å². The van der Waals surface area contributed by atoms with Crippen LogP contribution in [0.5, 0.6) is 0 Å². The highest BCUT2D eigenvalue weighted by Crippen LogP contribution is 1.86. The maximum atomic E-state index is 3.15. The quantitative estimate of drug-likeness (QED) is 0.421. The van der Waals surface area contributed by atoms with Crippen molar-refractivity contribution in [2.75, 3.05) is 6.67 Å². The Labute approximate surface area is 37.9 Å². The Balaban J connectivity index is 2.18. The first-order chi connectivity index (χ1) is 2.89. The van der Waals surface area contributed by atoms with E-state index in [1.54, 1.807) is 0 Å². The molecule has 6 heavy (non-hydrogen) atoms. The highest BCUT2D eigenvalue weighted by atomic mass is 15.2. The predicted octanol–water partition coefficient (Wildman–Crippen LogP) is -0.313. The Morgan fingerprint density at radius 2 is 2.67 bits per heavy atom. The van der Waals surface area contributed by atoms with Crippen LogP contribution in [0.1, 0.15) is 6.92 Å². The van der Waals surface area contributed by atoms with E-state index >= 15 is 0 Å². The van der Waals surface area contributed by atoms with Gasteiger partial charge < -0.3 is 5.32 Å². The van der Waals surface area contributed by atoms with Crippen LogP contribution in [0, 0.1) is 6.54 Å². The molecule has 0 amide bonds. The lowest BCUT2D eigenvalue weighted by atomic mass is 10.4. The van der Waals surface area contributed by atoms with Gasteiger partial charge in [0.25, 0.3) is 0 Å². The fraction of sp³-hybridized carbons (Fsp3) is 0.750. The summed E-state index contributed by atoms with van der Waals surface area (Å²) in [5.41, 5.74) is 0. The molecular formula is C4H9N2. The minimum absolute atomic E-state index is 0.560. The van der Waals surface area contributed by atoms with Crippen LogP contribution in [-0.2, 0) is 0 Å². The maximum Gasteiger partial charge on any atom is 0.0460 e. The minimum atomic E-state index is 0.560. The van der Waals surface area contributed by atoms with E-state index in [9.17, 15) is 0 Å². The van der Waals surface area contributed by atoms with Crippen molar-refractivity contribution in [1.82, 2.24) is 10.6 Å². The Bertz CT molecular complexity index is 38.8. The SMILES string of the molecule is CC1[CH]NCN1. The van der Waals surface area contributed by atoms with Crippen molar-refractivity contribution in [3.8, 4) is 0 Å². The summed E-state index contributed by atoms with van der Waals surface area (Å²) in [6, 6.07) is 0.560. The van der Waals surface area contributed by atoms with Crippen LogP contribution in [0.15, 0.2) is 0 Å². The monoisotopic (exact) mass is 85.1 g/mol. The smallest absolute Gasteiger partial charge is 0.0460 e. The van der Waals surface area contributed by atoms with Crippen LogP contribution in [0.25, 0.3) is 0 Å². The Hall–Kier alpha value is -0.0800. The molecule has 1 rings (SSSR count). The van der Waals surface area contributed by atoms with Crippen LogP contribution < -0.4 is 10.6 Å². The molecule has 0 spiro atoms. The van der Waals surface area contributed by atoms with Crippen LogP contribution in [0.2, 0.25) is 0 Å². The molecule has 0 aromatic heterocycles. The molecule has 0 aliphatic carbocycles. The first-order valence-electron chi connectivity index (χ1n) is 2.20. The van der Waals surface area contributed by atoms with Gasteiger partial charge in [0.15, 0.2) is 0 Å². The summed E-state index contributed by atoms with van der Waals surface area (Å²) < 4.78 is 0. The largest absolute Gasteiger partial charge is 0.300 e. The first kappa shape index (κ1) is 4.09. The van der Waals surface area contributed by atoms with Gasteiger partial charge >= 0.3 is 0 Å². The lowest BCUT2D eigenvalue weighted by Gasteiger charge is -1.92. The van der Waals surface area contributed by atoms with Gasteiger partial charge in [-0.1, -0.05) is 0 Å². The normalized spacial score (nSPS) is 34.5. The van der Waals surface area contributed by atoms with Gasteiger partial charge in [-0.15, -0.1) is 0 Å². The van der Waals surface area contributed by atoms with Crippen molar-refractivity contribution < 1.29 is 0 Å². The maximum absolute atomic E-state index is 3.15. The van der Waals surface area contributed by atoms with Gasteiger partial charge in [0.2, 0.25) is 0 Å². The molecule has 1 unspecified atom stereocenters. The molecule has 1 saturated heterocycles. The number of nitrogens with one attached hydrogen (secondary N) is 2. The van der Waals surface area contributed by atoms with Gasteiger partial charge in [0.05, 0.1) is 0 Å². The highest BCUT2D eigenvalue weighted by Gasteiger charge is 2.04. The molecular weight excluding hydrogens is 76.1 g/mol. The van der Waals surface area contributed by atoms with E-state index < -0.39 is 0 Å². The Morgan fingerprint density at radius 3 is 2.83 bits per heavy atom. The second kappa shape index (κ2) is 1.58. The predicted molar refractivity (Wildman–Crippen MR) is 24.9 cm³/mol. The second-order valence-electron chi connectivity index (χ2n) is 1.54. The number of hydrogen-bond acceptors (Lipinski definition) is 2.